The van der Waals surface area contributed by atoms with Crippen LogP contribution in [0.2, 0.25) is 0 Å². The Kier molecular flexibility index (Phi) is 9.86. The van der Waals surface area contributed by atoms with Crippen molar-refractivity contribution in [2.24, 2.45) is 0 Å². The van der Waals surface area contributed by atoms with Crippen molar-refractivity contribution in [2.75, 3.05) is 19.6 Å². The van der Waals surface area contributed by atoms with Crippen molar-refractivity contribution in [3.63, 3.8) is 0 Å². The van der Waals surface area contributed by atoms with Gasteiger partial charge in [-0.2, -0.15) is 0 Å². The second kappa shape index (κ2) is 13.5. The molecule has 0 saturated heterocycles. The van der Waals surface area contributed by atoms with E-state index in [0.717, 1.165) is 16.7 Å². The quantitative estimate of drug-likeness (QED) is 0.217. The number of aromatic hydroxyl groups is 3. The van der Waals surface area contributed by atoms with Crippen molar-refractivity contribution in [3.8, 4) is 17.2 Å². The average molecular weight is 507 g/mol. The number of benzene rings is 3. The zero-order chi connectivity index (χ0) is 26.6. The average Bonchev–Trinajstić information content (AvgIpc) is 2.87. The Balaban J connectivity index is 1.55. The largest absolute Gasteiger partial charge is 0.508 e. The molecule has 0 spiro atoms. The number of carbonyl (C=O) groups is 3. The molecule has 0 bridgehead atoms. The zero-order valence-corrected chi connectivity index (χ0v) is 20.2. The summed E-state index contributed by atoms with van der Waals surface area (Å²) in [6, 6.07) is 19.2. The van der Waals surface area contributed by atoms with E-state index in [4.69, 9.17) is 0 Å². The van der Waals surface area contributed by atoms with E-state index in [1.165, 1.54) is 41.3 Å². The SMILES string of the molecule is O=C(CN(CC(=O)NCc1ccc(O)cc1)CC(=O)NCc1ccc(O)cc1)NCc1ccc(O)cc1. The third-order valence-corrected chi connectivity index (χ3v) is 5.38. The molecule has 0 unspecified atom stereocenters. The van der Waals surface area contributed by atoms with Gasteiger partial charge in [0.2, 0.25) is 17.7 Å². The predicted octanol–water partition coefficient (Wildman–Crippen LogP) is 1.35. The van der Waals surface area contributed by atoms with Crippen LogP contribution >= 0.6 is 0 Å². The Bertz CT molecular complexity index is 1030. The lowest BCUT2D eigenvalue weighted by molar-refractivity contribution is -0.127. The maximum absolute atomic E-state index is 12.6. The molecule has 0 saturated carbocycles. The van der Waals surface area contributed by atoms with E-state index < -0.39 is 0 Å². The van der Waals surface area contributed by atoms with Gasteiger partial charge < -0.3 is 31.3 Å². The highest BCUT2D eigenvalue weighted by atomic mass is 16.3. The highest BCUT2D eigenvalue weighted by Crippen LogP contribution is 2.11. The van der Waals surface area contributed by atoms with Gasteiger partial charge in [0.25, 0.3) is 0 Å². The van der Waals surface area contributed by atoms with Crippen molar-refractivity contribution < 1.29 is 29.7 Å². The van der Waals surface area contributed by atoms with Gasteiger partial charge in [-0.15, -0.1) is 0 Å². The summed E-state index contributed by atoms with van der Waals surface area (Å²) in [5, 5.41) is 36.4. The Morgan fingerprint density at radius 3 is 0.973 bits per heavy atom. The normalized spacial score (nSPS) is 10.6. The van der Waals surface area contributed by atoms with Crippen LogP contribution in [0.4, 0.5) is 0 Å². The lowest BCUT2D eigenvalue weighted by Gasteiger charge is -2.21. The van der Waals surface area contributed by atoms with Crippen LogP contribution in [0.1, 0.15) is 16.7 Å². The molecule has 0 heterocycles. The third-order valence-electron chi connectivity index (χ3n) is 5.38. The number of hydrogen-bond acceptors (Lipinski definition) is 7. The summed E-state index contributed by atoms with van der Waals surface area (Å²) in [5.41, 5.74) is 2.36. The Morgan fingerprint density at radius 2 is 0.730 bits per heavy atom. The molecule has 0 radical (unpaired) electrons. The molecule has 0 fully saturated rings. The molecule has 0 aliphatic carbocycles. The topological polar surface area (TPSA) is 151 Å². The lowest BCUT2D eigenvalue weighted by atomic mass is 10.2. The van der Waals surface area contributed by atoms with Crippen LogP contribution in [0, 0.1) is 0 Å². The van der Waals surface area contributed by atoms with Crippen LogP contribution in [0.3, 0.4) is 0 Å². The molecule has 0 aliphatic heterocycles. The van der Waals surface area contributed by atoms with Gasteiger partial charge in [0.15, 0.2) is 0 Å². The first kappa shape index (κ1) is 27.0. The van der Waals surface area contributed by atoms with Gasteiger partial charge in [-0.05, 0) is 53.1 Å². The molecule has 3 amide bonds. The standard InChI is InChI=1S/C27H30N4O6/c32-22-7-1-19(2-8-22)13-28-25(35)16-31(17-26(36)29-14-20-3-9-23(33)10-4-20)18-27(37)30-15-21-5-11-24(34)12-6-21/h1-12,32-34H,13-18H2,(H,28,35)(H,29,36)(H,30,37). The molecular weight excluding hydrogens is 476 g/mol. The molecular formula is C27H30N4O6. The second-order valence-corrected chi connectivity index (χ2v) is 8.47. The van der Waals surface area contributed by atoms with Crippen LogP contribution in [0.5, 0.6) is 17.2 Å². The number of phenolic OH excluding ortho intramolecular Hbond substituents is 3. The van der Waals surface area contributed by atoms with Crippen molar-refractivity contribution in [1.82, 2.24) is 20.9 Å². The van der Waals surface area contributed by atoms with E-state index in [-0.39, 0.29) is 74.2 Å². The van der Waals surface area contributed by atoms with Crippen LogP contribution in [-0.4, -0.2) is 57.6 Å². The Morgan fingerprint density at radius 1 is 0.486 bits per heavy atom. The molecule has 37 heavy (non-hydrogen) atoms. The number of hydrogen-bond donors (Lipinski definition) is 6. The van der Waals surface area contributed by atoms with E-state index in [2.05, 4.69) is 16.0 Å². The number of nitrogens with zero attached hydrogens (tertiary/aromatic N) is 1. The van der Waals surface area contributed by atoms with Gasteiger partial charge >= 0.3 is 0 Å². The molecule has 0 atom stereocenters. The van der Waals surface area contributed by atoms with Gasteiger partial charge in [0.1, 0.15) is 17.2 Å². The smallest absolute Gasteiger partial charge is 0.234 e. The summed E-state index contributed by atoms with van der Waals surface area (Å²) < 4.78 is 0. The fourth-order valence-electron chi connectivity index (χ4n) is 3.39. The van der Waals surface area contributed by atoms with Crippen molar-refractivity contribution in [1.29, 1.82) is 0 Å². The molecule has 194 valence electrons. The molecule has 10 heteroatoms. The molecule has 3 aromatic rings. The predicted molar refractivity (Wildman–Crippen MR) is 136 cm³/mol. The first-order valence-electron chi connectivity index (χ1n) is 11.6. The molecule has 3 aromatic carbocycles. The highest BCUT2D eigenvalue weighted by molar-refractivity contribution is 5.84. The minimum absolute atomic E-state index is 0.123. The van der Waals surface area contributed by atoms with Crippen molar-refractivity contribution in [3.05, 3.63) is 89.5 Å². The summed E-state index contributed by atoms with van der Waals surface area (Å²) in [7, 11) is 0. The number of nitrogens with one attached hydrogen (secondary N) is 3. The summed E-state index contributed by atoms with van der Waals surface area (Å²) in [5.74, 6) is -0.740. The molecule has 6 N–H and O–H groups in total. The number of amides is 3. The Labute approximate surface area is 214 Å². The van der Waals surface area contributed by atoms with Crippen LogP contribution in [-0.2, 0) is 34.0 Å². The van der Waals surface area contributed by atoms with Gasteiger partial charge in [0, 0.05) is 19.6 Å². The number of carbonyl (C=O) groups excluding carboxylic acids is 3. The van der Waals surface area contributed by atoms with Crippen molar-refractivity contribution >= 4 is 17.7 Å². The summed E-state index contributed by atoms with van der Waals surface area (Å²) in [6.07, 6.45) is 0. The summed E-state index contributed by atoms with van der Waals surface area (Å²) in [4.78, 5) is 39.1. The van der Waals surface area contributed by atoms with E-state index in [1.807, 2.05) is 0 Å². The van der Waals surface area contributed by atoms with Gasteiger partial charge in [0.05, 0.1) is 19.6 Å². The first-order valence-corrected chi connectivity index (χ1v) is 11.6. The fraction of sp³-hybridized carbons (Fsp3) is 0.222. The van der Waals surface area contributed by atoms with Crippen LogP contribution < -0.4 is 16.0 Å². The lowest BCUT2D eigenvalue weighted by Crippen LogP contribution is -2.46. The van der Waals surface area contributed by atoms with E-state index in [0.29, 0.717) is 0 Å². The van der Waals surface area contributed by atoms with E-state index >= 15 is 0 Å². The maximum atomic E-state index is 12.6. The third kappa shape index (κ3) is 9.90. The number of phenols is 3. The minimum atomic E-state index is -0.370. The van der Waals surface area contributed by atoms with E-state index in [9.17, 15) is 29.7 Å². The van der Waals surface area contributed by atoms with Gasteiger partial charge in [-0.25, -0.2) is 0 Å². The molecule has 10 nitrogen and oxygen atoms in total. The van der Waals surface area contributed by atoms with Gasteiger partial charge in [-0.1, -0.05) is 36.4 Å². The fourth-order valence-corrected chi connectivity index (χ4v) is 3.39. The van der Waals surface area contributed by atoms with E-state index in [1.54, 1.807) is 36.4 Å². The Hall–Kier alpha value is -4.57. The van der Waals surface area contributed by atoms with Crippen molar-refractivity contribution in [2.45, 2.75) is 19.6 Å². The summed E-state index contributed by atoms with van der Waals surface area (Å²) >= 11 is 0. The summed E-state index contributed by atoms with van der Waals surface area (Å²) in [6.45, 7) is 0.138. The van der Waals surface area contributed by atoms with Crippen LogP contribution in [0.25, 0.3) is 0 Å². The second-order valence-electron chi connectivity index (χ2n) is 8.47. The van der Waals surface area contributed by atoms with Gasteiger partial charge in [-0.3, -0.25) is 19.3 Å². The molecule has 0 aliphatic rings. The first-order chi connectivity index (χ1) is 17.8. The zero-order valence-electron chi connectivity index (χ0n) is 20.2. The monoisotopic (exact) mass is 506 g/mol. The number of rotatable bonds is 12. The molecule has 0 aromatic heterocycles. The maximum Gasteiger partial charge on any atom is 0.234 e. The molecule has 3 rings (SSSR count). The van der Waals surface area contributed by atoms with Crippen LogP contribution in [0.15, 0.2) is 72.8 Å². The highest BCUT2D eigenvalue weighted by Gasteiger charge is 2.18. The minimum Gasteiger partial charge on any atom is -0.508 e.